The van der Waals surface area contributed by atoms with Crippen molar-refractivity contribution < 1.29 is 23.9 Å². The minimum atomic E-state index is -0.476. The van der Waals surface area contributed by atoms with Gasteiger partial charge in [0.2, 0.25) is 6.79 Å². The highest BCUT2D eigenvalue weighted by Crippen LogP contribution is 2.33. The third kappa shape index (κ3) is 5.48. The molecule has 0 bridgehead atoms. The van der Waals surface area contributed by atoms with Crippen molar-refractivity contribution in [2.24, 2.45) is 0 Å². The van der Waals surface area contributed by atoms with Crippen LogP contribution < -0.4 is 19.7 Å². The van der Waals surface area contributed by atoms with Gasteiger partial charge in [0.25, 0.3) is 11.8 Å². The van der Waals surface area contributed by atoms with Crippen molar-refractivity contribution in [2.45, 2.75) is 6.92 Å². The molecular formula is C29H27N3O5. The molecule has 5 rings (SSSR count). The van der Waals surface area contributed by atoms with Gasteiger partial charge in [0.1, 0.15) is 5.57 Å². The van der Waals surface area contributed by atoms with Gasteiger partial charge in [-0.3, -0.25) is 14.4 Å². The second kappa shape index (κ2) is 10.6. The van der Waals surface area contributed by atoms with Crippen LogP contribution in [0.5, 0.6) is 11.5 Å². The van der Waals surface area contributed by atoms with Gasteiger partial charge in [-0.05, 0) is 67.1 Å². The predicted molar refractivity (Wildman–Crippen MR) is 141 cm³/mol. The zero-order valence-electron chi connectivity index (χ0n) is 20.5. The van der Waals surface area contributed by atoms with E-state index in [0.29, 0.717) is 54.5 Å². The van der Waals surface area contributed by atoms with Crippen LogP contribution in [-0.2, 0) is 9.59 Å². The van der Waals surface area contributed by atoms with Crippen LogP contribution in [-0.4, -0.2) is 55.5 Å². The van der Waals surface area contributed by atoms with Crippen molar-refractivity contribution >= 4 is 35.0 Å². The Bertz CT molecular complexity index is 1340. The van der Waals surface area contributed by atoms with Gasteiger partial charge in [-0.15, -0.1) is 0 Å². The van der Waals surface area contributed by atoms with Gasteiger partial charge in [0, 0.05) is 43.1 Å². The normalized spacial score (nSPS) is 14.9. The van der Waals surface area contributed by atoms with Gasteiger partial charge in [0.05, 0.1) is 0 Å². The van der Waals surface area contributed by atoms with Crippen LogP contribution >= 0.6 is 0 Å². The van der Waals surface area contributed by atoms with E-state index in [4.69, 9.17) is 9.47 Å². The highest BCUT2D eigenvalue weighted by molar-refractivity contribution is 6.25. The van der Waals surface area contributed by atoms with E-state index in [1.54, 1.807) is 48.2 Å². The number of hydrogen-bond donors (Lipinski definition) is 1. The Morgan fingerprint density at radius 2 is 1.54 bits per heavy atom. The van der Waals surface area contributed by atoms with Gasteiger partial charge in [-0.2, -0.15) is 0 Å². The Morgan fingerprint density at radius 3 is 2.24 bits per heavy atom. The lowest BCUT2D eigenvalue weighted by atomic mass is 10.1. The van der Waals surface area contributed by atoms with Crippen molar-refractivity contribution in [1.82, 2.24) is 4.90 Å². The van der Waals surface area contributed by atoms with Crippen LogP contribution in [0.1, 0.15) is 22.8 Å². The largest absolute Gasteiger partial charge is 0.454 e. The molecule has 188 valence electrons. The molecule has 0 radical (unpaired) electrons. The Morgan fingerprint density at radius 1 is 0.838 bits per heavy atom. The number of ether oxygens (including phenoxy) is 2. The Hall–Kier alpha value is -4.59. The molecule has 0 atom stereocenters. The number of carbonyl (C=O) groups is 3. The molecule has 8 heteroatoms. The van der Waals surface area contributed by atoms with E-state index in [1.807, 2.05) is 42.5 Å². The molecule has 0 aromatic heterocycles. The van der Waals surface area contributed by atoms with E-state index in [1.165, 1.54) is 0 Å². The number of hydrogen-bond acceptors (Lipinski definition) is 6. The first-order valence-electron chi connectivity index (χ1n) is 12.1. The number of anilines is 2. The summed E-state index contributed by atoms with van der Waals surface area (Å²) >= 11 is 0. The van der Waals surface area contributed by atoms with E-state index in [2.05, 4.69) is 10.2 Å². The van der Waals surface area contributed by atoms with Gasteiger partial charge < -0.3 is 24.6 Å². The van der Waals surface area contributed by atoms with E-state index in [9.17, 15) is 14.4 Å². The molecule has 1 saturated heterocycles. The molecule has 0 unspecified atom stereocenters. The highest BCUT2D eigenvalue weighted by atomic mass is 16.7. The summed E-state index contributed by atoms with van der Waals surface area (Å²) in [5, 5.41) is 2.83. The monoisotopic (exact) mass is 497 g/mol. The summed E-state index contributed by atoms with van der Waals surface area (Å²) in [4.78, 5) is 42.3. The standard InChI is InChI=1S/C29H27N3O5/c1-20(33)22-8-10-24(11-9-22)31-13-15-32(16-14-31)29(35)25(28(34)30-23-5-3-2-4-6-23)17-21-7-12-26-27(18-21)37-19-36-26/h2-12,17-18H,13-16,19H2,1H3,(H,30,34)/b25-17+. The molecule has 1 fully saturated rings. The van der Waals surface area contributed by atoms with Crippen molar-refractivity contribution in [2.75, 3.05) is 43.2 Å². The number of Topliss-reactive ketones (excluding diaryl/α,β-unsaturated/α-hetero) is 1. The molecule has 2 aliphatic heterocycles. The highest BCUT2D eigenvalue weighted by Gasteiger charge is 2.28. The summed E-state index contributed by atoms with van der Waals surface area (Å²) in [7, 11) is 0. The summed E-state index contributed by atoms with van der Waals surface area (Å²) < 4.78 is 10.8. The number of nitrogens with zero attached hydrogens (tertiary/aromatic N) is 2. The molecule has 3 aromatic carbocycles. The molecule has 1 N–H and O–H groups in total. The molecule has 37 heavy (non-hydrogen) atoms. The maximum Gasteiger partial charge on any atom is 0.261 e. The molecule has 0 spiro atoms. The summed E-state index contributed by atoms with van der Waals surface area (Å²) in [6.07, 6.45) is 1.59. The van der Waals surface area contributed by atoms with Crippen molar-refractivity contribution in [3.63, 3.8) is 0 Å². The minimum Gasteiger partial charge on any atom is -0.454 e. The topological polar surface area (TPSA) is 88.2 Å². The average molecular weight is 498 g/mol. The number of amides is 2. The number of piperazine rings is 1. The maximum atomic E-state index is 13.6. The number of rotatable bonds is 6. The molecule has 8 nitrogen and oxygen atoms in total. The number of ketones is 1. The first-order chi connectivity index (χ1) is 18.0. The molecular weight excluding hydrogens is 470 g/mol. The molecule has 0 aliphatic carbocycles. The lowest BCUT2D eigenvalue weighted by Gasteiger charge is -2.36. The van der Waals surface area contributed by atoms with Gasteiger partial charge in [-0.25, -0.2) is 0 Å². The van der Waals surface area contributed by atoms with Crippen LogP contribution in [0.15, 0.2) is 78.4 Å². The smallest absolute Gasteiger partial charge is 0.261 e. The van der Waals surface area contributed by atoms with Crippen molar-refractivity contribution in [3.8, 4) is 11.5 Å². The fraction of sp³-hybridized carbons (Fsp3) is 0.207. The zero-order valence-corrected chi connectivity index (χ0v) is 20.5. The molecule has 3 aromatic rings. The Kier molecular flexibility index (Phi) is 6.89. The van der Waals surface area contributed by atoms with Crippen LogP contribution in [0.3, 0.4) is 0 Å². The number of carbonyl (C=O) groups excluding carboxylic acids is 3. The van der Waals surface area contributed by atoms with E-state index in [-0.39, 0.29) is 24.1 Å². The van der Waals surface area contributed by atoms with Crippen LogP contribution in [0.2, 0.25) is 0 Å². The quantitative estimate of drug-likeness (QED) is 0.240. The number of benzene rings is 3. The van der Waals surface area contributed by atoms with Crippen molar-refractivity contribution in [3.05, 3.63) is 89.5 Å². The lowest BCUT2D eigenvalue weighted by molar-refractivity contribution is -0.129. The van der Waals surface area contributed by atoms with Gasteiger partial charge in [0.15, 0.2) is 17.3 Å². The van der Waals surface area contributed by atoms with Gasteiger partial charge in [-0.1, -0.05) is 24.3 Å². The first-order valence-corrected chi connectivity index (χ1v) is 12.1. The van der Waals surface area contributed by atoms with E-state index in [0.717, 1.165) is 5.69 Å². The SMILES string of the molecule is CC(=O)c1ccc(N2CCN(C(=O)/C(=C/c3ccc4c(c3)OCO4)C(=O)Nc3ccccc3)CC2)cc1. The Balaban J connectivity index is 1.34. The maximum absolute atomic E-state index is 13.6. The average Bonchev–Trinajstić information content (AvgIpc) is 3.40. The third-order valence-electron chi connectivity index (χ3n) is 6.42. The van der Waals surface area contributed by atoms with Crippen molar-refractivity contribution in [1.29, 1.82) is 0 Å². The Labute approximate surface area is 215 Å². The second-order valence-corrected chi connectivity index (χ2v) is 8.87. The first kappa shape index (κ1) is 24.1. The van der Waals surface area contributed by atoms with E-state index >= 15 is 0 Å². The predicted octanol–water partition coefficient (Wildman–Crippen LogP) is 3.99. The molecule has 0 saturated carbocycles. The molecule has 2 heterocycles. The zero-order chi connectivity index (χ0) is 25.8. The summed E-state index contributed by atoms with van der Waals surface area (Å²) in [6, 6.07) is 21.8. The minimum absolute atomic E-state index is 0.0255. The number of fused-ring (bicyclic) bond motifs is 1. The number of nitrogens with one attached hydrogen (secondary N) is 1. The fourth-order valence-electron chi connectivity index (χ4n) is 4.36. The van der Waals surface area contributed by atoms with Crippen LogP contribution in [0.25, 0.3) is 6.08 Å². The van der Waals surface area contributed by atoms with E-state index < -0.39 is 5.91 Å². The molecule has 2 aliphatic rings. The summed E-state index contributed by atoms with van der Waals surface area (Å²) in [5.74, 6) is 0.422. The van der Waals surface area contributed by atoms with Crippen LogP contribution in [0.4, 0.5) is 11.4 Å². The fourth-order valence-corrected chi connectivity index (χ4v) is 4.36. The number of para-hydroxylation sites is 1. The van der Waals surface area contributed by atoms with Gasteiger partial charge >= 0.3 is 0 Å². The third-order valence-corrected chi connectivity index (χ3v) is 6.42. The summed E-state index contributed by atoms with van der Waals surface area (Å²) in [6.45, 7) is 3.84. The lowest BCUT2D eigenvalue weighted by Crippen LogP contribution is -2.50. The second-order valence-electron chi connectivity index (χ2n) is 8.87. The summed E-state index contributed by atoms with van der Waals surface area (Å²) in [5.41, 5.74) is 2.98. The van der Waals surface area contributed by atoms with Crippen LogP contribution in [0, 0.1) is 0 Å². The molecule has 2 amide bonds.